The number of methoxy groups -OCH3 is 1. The average Bonchev–Trinajstić information content (AvgIpc) is 2.12. The summed E-state index contributed by atoms with van der Waals surface area (Å²) in [4.78, 5) is 4.26. The molecule has 0 fully saturated rings. The summed E-state index contributed by atoms with van der Waals surface area (Å²) in [6.45, 7) is 6.20. The van der Waals surface area contributed by atoms with Gasteiger partial charge in [-0.25, -0.2) is 0 Å². The van der Waals surface area contributed by atoms with Gasteiger partial charge >= 0.3 is 0 Å². The van der Waals surface area contributed by atoms with Crippen LogP contribution in [0, 0.1) is 5.92 Å². The number of allylic oxidation sites excluding steroid dienone is 1. The van der Waals surface area contributed by atoms with E-state index in [9.17, 15) is 0 Å². The maximum atomic E-state index is 5.45. The van der Waals surface area contributed by atoms with E-state index in [2.05, 4.69) is 18.8 Å². The molecule has 0 radical (unpaired) electrons. The molecular formula is C10H20N2O. The van der Waals surface area contributed by atoms with Gasteiger partial charge in [-0.05, 0) is 24.1 Å². The van der Waals surface area contributed by atoms with Crippen molar-refractivity contribution >= 4 is 6.21 Å². The summed E-state index contributed by atoms with van der Waals surface area (Å²) < 4.78 is 5.11. The van der Waals surface area contributed by atoms with Crippen LogP contribution >= 0.6 is 0 Å². The van der Waals surface area contributed by atoms with E-state index in [0.29, 0.717) is 5.92 Å². The van der Waals surface area contributed by atoms with Gasteiger partial charge in [0.1, 0.15) is 6.23 Å². The van der Waals surface area contributed by atoms with E-state index in [1.165, 1.54) is 0 Å². The molecular weight excluding hydrogens is 164 g/mol. The summed E-state index contributed by atoms with van der Waals surface area (Å²) in [7, 11) is 1.66. The molecule has 0 amide bonds. The normalized spacial score (nSPS) is 15.6. The van der Waals surface area contributed by atoms with Gasteiger partial charge in [0.2, 0.25) is 0 Å². The van der Waals surface area contributed by atoms with Crippen molar-refractivity contribution in [3.8, 4) is 0 Å². The number of hydrogen-bond donors (Lipinski definition) is 1. The lowest BCUT2D eigenvalue weighted by Crippen LogP contribution is -2.07. The molecule has 1 atom stereocenters. The monoisotopic (exact) mass is 184 g/mol. The summed E-state index contributed by atoms with van der Waals surface area (Å²) in [5, 5.41) is 0. The van der Waals surface area contributed by atoms with Gasteiger partial charge < -0.3 is 10.5 Å². The lowest BCUT2D eigenvalue weighted by molar-refractivity contribution is 0.108. The van der Waals surface area contributed by atoms with Gasteiger partial charge in [0.25, 0.3) is 0 Å². The molecule has 13 heavy (non-hydrogen) atoms. The Kier molecular flexibility index (Phi) is 6.24. The van der Waals surface area contributed by atoms with E-state index < -0.39 is 0 Å². The zero-order valence-corrected chi connectivity index (χ0v) is 8.95. The van der Waals surface area contributed by atoms with Crippen molar-refractivity contribution in [2.24, 2.45) is 16.6 Å². The Labute approximate surface area is 80.7 Å². The minimum Gasteiger partial charge on any atom is -0.404 e. The van der Waals surface area contributed by atoms with Gasteiger partial charge in [-0.3, -0.25) is 4.99 Å². The van der Waals surface area contributed by atoms with Crippen LogP contribution < -0.4 is 5.73 Å². The van der Waals surface area contributed by atoms with Crippen molar-refractivity contribution in [1.82, 2.24) is 0 Å². The molecule has 0 aromatic carbocycles. The Morgan fingerprint density at radius 2 is 2.15 bits per heavy atom. The van der Waals surface area contributed by atoms with Gasteiger partial charge in [0.05, 0.1) is 0 Å². The quantitative estimate of drug-likeness (QED) is 0.664. The van der Waals surface area contributed by atoms with Crippen LogP contribution in [-0.2, 0) is 4.74 Å². The van der Waals surface area contributed by atoms with Crippen molar-refractivity contribution < 1.29 is 4.74 Å². The first kappa shape index (κ1) is 12.2. The molecule has 0 saturated heterocycles. The fourth-order valence-corrected chi connectivity index (χ4v) is 0.887. The highest BCUT2D eigenvalue weighted by molar-refractivity contribution is 5.78. The molecule has 3 heteroatoms. The highest BCUT2D eigenvalue weighted by atomic mass is 16.5. The van der Waals surface area contributed by atoms with Gasteiger partial charge in [0.15, 0.2) is 0 Å². The molecule has 1 unspecified atom stereocenters. The number of ether oxygens (including phenoxy) is 1. The molecule has 0 rings (SSSR count). The molecule has 0 bridgehead atoms. The van der Waals surface area contributed by atoms with Gasteiger partial charge in [-0.2, -0.15) is 0 Å². The largest absolute Gasteiger partial charge is 0.404 e. The summed E-state index contributed by atoms with van der Waals surface area (Å²) in [6.07, 6.45) is 4.22. The maximum Gasteiger partial charge on any atom is 0.147 e. The van der Waals surface area contributed by atoms with Crippen LogP contribution in [0.5, 0.6) is 0 Å². The number of hydrogen-bond acceptors (Lipinski definition) is 3. The topological polar surface area (TPSA) is 47.6 Å². The van der Waals surface area contributed by atoms with Crippen LogP contribution in [0.1, 0.15) is 27.2 Å². The second kappa shape index (κ2) is 6.66. The number of nitrogens with two attached hydrogens (primary N) is 1. The molecule has 0 heterocycles. The van der Waals surface area contributed by atoms with E-state index in [1.807, 2.05) is 6.92 Å². The number of nitrogens with zero attached hydrogens (tertiary/aromatic N) is 1. The number of aliphatic imine (C=N–C) groups is 1. The Morgan fingerprint density at radius 3 is 2.46 bits per heavy atom. The highest BCUT2D eigenvalue weighted by Gasteiger charge is 2.01. The Morgan fingerprint density at radius 1 is 1.54 bits per heavy atom. The fourth-order valence-electron chi connectivity index (χ4n) is 0.887. The fraction of sp³-hybridized carbons (Fsp3) is 0.700. The van der Waals surface area contributed by atoms with Crippen LogP contribution in [0.25, 0.3) is 0 Å². The first-order chi connectivity index (χ1) is 6.15. The lowest BCUT2D eigenvalue weighted by Gasteiger charge is -2.08. The van der Waals surface area contributed by atoms with Crippen LogP contribution in [0.15, 0.2) is 16.8 Å². The van der Waals surface area contributed by atoms with Crippen molar-refractivity contribution in [1.29, 1.82) is 0 Å². The molecule has 0 aliphatic heterocycles. The average molecular weight is 184 g/mol. The van der Waals surface area contributed by atoms with Crippen LogP contribution in [-0.4, -0.2) is 19.6 Å². The van der Waals surface area contributed by atoms with Crippen LogP contribution in [0.2, 0.25) is 0 Å². The summed E-state index contributed by atoms with van der Waals surface area (Å²) >= 11 is 0. The van der Waals surface area contributed by atoms with Crippen molar-refractivity contribution in [3.05, 3.63) is 11.8 Å². The third-order valence-electron chi connectivity index (χ3n) is 1.87. The van der Waals surface area contributed by atoms with E-state index in [0.717, 1.165) is 12.0 Å². The lowest BCUT2D eigenvalue weighted by atomic mass is 10.1. The van der Waals surface area contributed by atoms with Gasteiger partial charge in [-0.15, -0.1) is 0 Å². The van der Waals surface area contributed by atoms with E-state index in [4.69, 9.17) is 10.5 Å². The SMILES string of the molecule is CCC(N=C/C(=C\N)C(C)C)OC. The smallest absolute Gasteiger partial charge is 0.147 e. The molecule has 76 valence electrons. The third-order valence-corrected chi connectivity index (χ3v) is 1.87. The standard InChI is InChI=1S/C10H20N2O/c1-5-10(13-4)12-7-9(6-11)8(2)3/h6-8,10H,5,11H2,1-4H3/b9-6+,12-7?. The molecule has 0 saturated carbocycles. The van der Waals surface area contributed by atoms with Crippen molar-refractivity contribution in [2.45, 2.75) is 33.4 Å². The zero-order valence-electron chi connectivity index (χ0n) is 8.95. The second-order valence-corrected chi connectivity index (χ2v) is 3.20. The summed E-state index contributed by atoms with van der Waals surface area (Å²) in [5.74, 6) is 0.406. The Balaban J connectivity index is 4.22. The van der Waals surface area contributed by atoms with Crippen LogP contribution in [0.4, 0.5) is 0 Å². The molecule has 0 spiro atoms. The van der Waals surface area contributed by atoms with E-state index in [1.54, 1.807) is 19.5 Å². The van der Waals surface area contributed by atoms with Gasteiger partial charge in [0, 0.05) is 13.3 Å². The Bertz CT molecular complexity index is 181. The second-order valence-electron chi connectivity index (χ2n) is 3.20. The summed E-state index contributed by atoms with van der Waals surface area (Å²) in [5.41, 5.74) is 6.49. The van der Waals surface area contributed by atoms with E-state index >= 15 is 0 Å². The van der Waals surface area contributed by atoms with Crippen molar-refractivity contribution in [3.63, 3.8) is 0 Å². The molecule has 0 aromatic rings. The first-order valence-corrected chi connectivity index (χ1v) is 4.63. The number of rotatable bonds is 5. The zero-order chi connectivity index (χ0) is 10.3. The summed E-state index contributed by atoms with van der Waals surface area (Å²) in [6, 6.07) is 0. The molecule has 2 N–H and O–H groups in total. The van der Waals surface area contributed by atoms with Crippen LogP contribution in [0.3, 0.4) is 0 Å². The predicted molar refractivity (Wildman–Crippen MR) is 56.7 cm³/mol. The molecule has 0 aromatic heterocycles. The minimum absolute atomic E-state index is 0.0475. The maximum absolute atomic E-state index is 5.45. The van der Waals surface area contributed by atoms with Gasteiger partial charge in [-0.1, -0.05) is 20.8 Å². The molecule has 0 aliphatic rings. The van der Waals surface area contributed by atoms with Crippen molar-refractivity contribution in [2.75, 3.05) is 7.11 Å². The minimum atomic E-state index is -0.0475. The molecule has 3 nitrogen and oxygen atoms in total. The molecule has 0 aliphatic carbocycles. The third kappa shape index (κ3) is 4.68. The predicted octanol–water partition coefficient (Wildman–Crippen LogP) is 1.94. The van der Waals surface area contributed by atoms with E-state index in [-0.39, 0.29) is 6.23 Å². The first-order valence-electron chi connectivity index (χ1n) is 4.63. The Hall–Kier alpha value is -0.830. The highest BCUT2D eigenvalue weighted by Crippen LogP contribution is 2.06.